The van der Waals surface area contributed by atoms with Gasteiger partial charge < -0.3 is 5.32 Å². The Morgan fingerprint density at radius 2 is 1.26 bits per heavy atom. The number of carbonyl (C=O) groups excluding carboxylic acids is 1. The molecule has 0 atom stereocenters. The second-order valence-corrected chi connectivity index (χ2v) is 8.07. The summed E-state index contributed by atoms with van der Waals surface area (Å²) in [6, 6.07) is 36.2. The van der Waals surface area contributed by atoms with Gasteiger partial charge in [0.05, 0.1) is 0 Å². The van der Waals surface area contributed by atoms with Gasteiger partial charge in [-0.25, -0.2) is 0 Å². The second kappa shape index (κ2) is 10.6. The molecule has 3 nitrogen and oxygen atoms in total. The van der Waals surface area contributed by atoms with Gasteiger partial charge in [-0.1, -0.05) is 91.0 Å². The Balaban J connectivity index is 1.51. The van der Waals surface area contributed by atoms with Crippen LogP contribution in [0.5, 0.6) is 0 Å². The van der Waals surface area contributed by atoms with E-state index in [1.165, 1.54) is 4.90 Å². The summed E-state index contributed by atoms with van der Waals surface area (Å²) in [7, 11) is 0. The molecule has 4 heteroatoms. The molecule has 0 unspecified atom stereocenters. The second-order valence-electron chi connectivity index (χ2n) is 7.11. The van der Waals surface area contributed by atoms with Crippen molar-refractivity contribution in [1.29, 1.82) is 0 Å². The fourth-order valence-corrected chi connectivity index (χ4v) is 4.10. The van der Waals surface area contributed by atoms with Crippen molar-refractivity contribution >= 4 is 17.9 Å². The summed E-state index contributed by atoms with van der Waals surface area (Å²) in [4.78, 5) is 14.2. The third kappa shape index (κ3) is 5.63. The van der Waals surface area contributed by atoms with Crippen LogP contribution in [0.25, 0.3) is 11.1 Å². The zero-order chi connectivity index (χ0) is 21.3. The van der Waals surface area contributed by atoms with Crippen molar-refractivity contribution in [3.8, 4) is 11.1 Å². The molecule has 0 heterocycles. The van der Waals surface area contributed by atoms with Crippen molar-refractivity contribution in [2.75, 3.05) is 0 Å². The number of nitrogens with one attached hydrogen (secondary N) is 2. The van der Waals surface area contributed by atoms with E-state index < -0.39 is 0 Å². The lowest BCUT2D eigenvalue weighted by Crippen LogP contribution is -2.23. The number of benzene rings is 4. The van der Waals surface area contributed by atoms with Crippen LogP contribution >= 0.6 is 11.9 Å². The third-order valence-electron chi connectivity index (χ3n) is 4.97. The van der Waals surface area contributed by atoms with Gasteiger partial charge in [-0.05, 0) is 52.4 Å². The van der Waals surface area contributed by atoms with Crippen LogP contribution in [0.2, 0.25) is 0 Å². The molecule has 2 N–H and O–H groups in total. The molecule has 31 heavy (non-hydrogen) atoms. The molecule has 0 aliphatic rings. The van der Waals surface area contributed by atoms with Gasteiger partial charge >= 0.3 is 0 Å². The van der Waals surface area contributed by atoms with Crippen LogP contribution in [0.4, 0.5) is 0 Å². The first kappa shape index (κ1) is 20.9. The van der Waals surface area contributed by atoms with Gasteiger partial charge in [-0.2, -0.15) is 0 Å². The third-order valence-corrected chi connectivity index (χ3v) is 5.77. The lowest BCUT2D eigenvalue weighted by molar-refractivity contribution is 0.0951. The fraction of sp³-hybridized carbons (Fsp3) is 0.0741. The Morgan fingerprint density at radius 1 is 0.645 bits per heavy atom. The Kier molecular flexibility index (Phi) is 7.16. The minimum Gasteiger partial charge on any atom is -0.348 e. The summed E-state index contributed by atoms with van der Waals surface area (Å²) in [5.41, 5.74) is 4.91. The van der Waals surface area contributed by atoms with E-state index in [2.05, 4.69) is 34.3 Å². The van der Waals surface area contributed by atoms with Gasteiger partial charge in [-0.3, -0.25) is 9.52 Å². The number of amides is 1. The molecule has 0 radical (unpaired) electrons. The van der Waals surface area contributed by atoms with E-state index in [9.17, 15) is 4.79 Å². The van der Waals surface area contributed by atoms with Crippen molar-refractivity contribution in [3.63, 3.8) is 0 Å². The van der Waals surface area contributed by atoms with E-state index in [0.717, 1.165) is 22.3 Å². The Labute approximate surface area is 187 Å². The average Bonchev–Trinajstić information content (AvgIpc) is 2.84. The number of hydrogen-bond donors (Lipinski definition) is 2. The molecule has 0 fully saturated rings. The van der Waals surface area contributed by atoms with Crippen LogP contribution in [-0.4, -0.2) is 5.91 Å². The minimum atomic E-state index is -0.0686. The van der Waals surface area contributed by atoms with E-state index in [4.69, 9.17) is 0 Å². The van der Waals surface area contributed by atoms with Gasteiger partial charge in [0.2, 0.25) is 0 Å². The molecule has 4 aromatic rings. The van der Waals surface area contributed by atoms with Crippen molar-refractivity contribution in [2.24, 2.45) is 0 Å². The van der Waals surface area contributed by atoms with Gasteiger partial charge in [0, 0.05) is 23.5 Å². The highest BCUT2D eigenvalue weighted by Crippen LogP contribution is 2.28. The lowest BCUT2D eigenvalue weighted by Gasteiger charge is -2.14. The molecule has 0 spiro atoms. The van der Waals surface area contributed by atoms with E-state index in [1.807, 2.05) is 84.9 Å². The van der Waals surface area contributed by atoms with Crippen molar-refractivity contribution in [2.45, 2.75) is 18.0 Å². The fourth-order valence-electron chi connectivity index (χ4n) is 3.41. The summed E-state index contributed by atoms with van der Waals surface area (Å²) in [5, 5.41) is 3.05. The molecule has 1 amide bonds. The SMILES string of the molecule is O=C(NCc1ccccc1)c1ccccc1-c1ccccc1CNSc1ccccc1. The van der Waals surface area contributed by atoms with Gasteiger partial charge in [0.25, 0.3) is 5.91 Å². The van der Waals surface area contributed by atoms with Crippen LogP contribution in [-0.2, 0) is 13.1 Å². The van der Waals surface area contributed by atoms with Gasteiger partial charge in [-0.15, -0.1) is 0 Å². The van der Waals surface area contributed by atoms with Crippen molar-refractivity contribution in [1.82, 2.24) is 10.0 Å². The molecule has 0 aliphatic carbocycles. The number of carbonyl (C=O) groups is 1. The zero-order valence-corrected chi connectivity index (χ0v) is 17.9. The molecule has 0 aromatic heterocycles. The Hall–Kier alpha value is -3.34. The van der Waals surface area contributed by atoms with Crippen LogP contribution in [0.1, 0.15) is 21.5 Å². The monoisotopic (exact) mass is 424 g/mol. The Morgan fingerprint density at radius 3 is 2.03 bits per heavy atom. The van der Waals surface area contributed by atoms with Crippen molar-refractivity contribution in [3.05, 3.63) is 126 Å². The summed E-state index contributed by atoms with van der Waals surface area (Å²) >= 11 is 1.61. The van der Waals surface area contributed by atoms with Crippen LogP contribution in [0, 0.1) is 0 Å². The maximum absolute atomic E-state index is 13.0. The standard InChI is InChI=1S/C27H24N2OS/c30-27(28-19-21-11-3-1-4-12-21)26-18-10-9-17-25(26)24-16-8-7-13-22(24)20-29-31-23-14-5-2-6-15-23/h1-18,29H,19-20H2,(H,28,30). The first-order valence-corrected chi connectivity index (χ1v) is 11.1. The first-order chi connectivity index (χ1) is 15.3. The minimum absolute atomic E-state index is 0.0686. The number of rotatable bonds is 8. The summed E-state index contributed by atoms with van der Waals surface area (Å²) in [5.74, 6) is -0.0686. The molecule has 0 aliphatic heterocycles. The summed E-state index contributed by atoms with van der Waals surface area (Å²) in [6.45, 7) is 1.20. The normalized spacial score (nSPS) is 10.6. The predicted octanol–water partition coefficient (Wildman–Crippen LogP) is 6.08. The predicted molar refractivity (Wildman–Crippen MR) is 129 cm³/mol. The molecular formula is C27H24N2OS. The molecular weight excluding hydrogens is 400 g/mol. The molecule has 154 valence electrons. The maximum atomic E-state index is 13.0. The van der Waals surface area contributed by atoms with E-state index in [-0.39, 0.29) is 5.91 Å². The van der Waals surface area contributed by atoms with Crippen LogP contribution in [0.15, 0.2) is 114 Å². The van der Waals surface area contributed by atoms with E-state index >= 15 is 0 Å². The highest BCUT2D eigenvalue weighted by Gasteiger charge is 2.14. The first-order valence-electron chi connectivity index (χ1n) is 10.3. The topological polar surface area (TPSA) is 41.1 Å². The Bertz CT molecular complexity index is 1130. The highest BCUT2D eigenvalue weighted by molar-refractivity contribution is 7.97. The number of hydrogen-bond acceptors (Lipinski definition) is 3. The summed E-state index contributed by atoms with van der Waals surface area (Å²) in [6.07, 6.45) is 0. The highest BCUT2D eigenvalue weighted by atomic mass is 32.2. The molecule has 4 rings (SSSR count). The van der Waals surface area contributed by atoms with Crippen LogP contribution in [0.3, 0.4) is 0 Å². The van der Waals surface area contributed by atoms with Crippen molar-refractivity contribution < 1.29 is 4.79 Å². The largest absolute Gasteiger partial charge is 0.348 e. The average molecular weight is 425 g/mol. The molecule has 0 saturated heterocycles. The van der Waals surface area contributed by atoms with E-state index in [1.54, 1.807) is 11.9 Å². The smallest absolute Gasteiger partial charge is 0.252 e. The lowest BCUT2D eigenvalue weighted by atomic mass is 9.95. The molecule has 0 saturated carbocycles. The summed E-state index contributed by atoms with van der Waals surface area (Å²) < 4.78 is 3.44. The molecule has 0 bridgehead atoms. The van der Waals surface area contributed by atoms with E-state index in [0.29, 0.717) is 18.7 Å². The quantitative estimate of drug-likeness (QED) is 0.337. The maximum Gasteiger partial charge on any atom is 0.252 e. The van der Waals surface area contributed by atoms with Gasteiger partial charge in [0.15, 0.2) is 0 Å². The molecule has 4 aromatic carbocycles. The van der Waals surface area contributed by atoms with Crippen LogP contribution < -0.4 is 10.0 Å². The van der Waals surface area contributed by atoms with Gasteiger partial charge in [0.1, 0.15) is 0 Å². The zero-order valence-electron chi connectivity index (χ0n) is 17.1.